The zero-order chi connectivity index (χ0) is 15.0. The van der Waals surface area contributed by atoms with Crippen LogP contribution in [0.2, 0.25) is 0 Å². The highest BCUT2D eigenvalue weighted by molar-refractivity contribution is 5.94. The highest BCUT2D eigenvalue weighted by atomic mass is 19.1. The van der Waals surface area contributed by atoms with Crippen molar-refractivity contribution in [3.05, 3.63) is 46.5 Å². The highest BCUT2D eigenvalue weighted by Crippen LogP contribution is 2.30. The molecule has 2 aliphatic rings. The van der Waals surface area contributed by atoms with Crippen LogP contribution in [0.15, 0.2) is 29.3 Å². The predicted octanol–water partition coefficient (Wildman–Crippen LogP) is 2.38. The summed E-state index contributed by atoms with van der Waals surface area (Å²) in [5, 5.41) is 3.12. The summed E-state index contributed by atoms with van der Waals surface area (Å²) in [6, 6.07) is 3.70. The van der Waals surface area contributed by atoms with Gasteiger partial charge in [0.1, 0.15) is 11.6 Å². The van der Waals surface area contributed by atoms with Gasteiger partial charge in [0, 0.05) is 42.9 Å². The zero-order valence-electron chi connectivity index (χ0n) is 12.0. The molecule has 0 atom stereocenters. The summed E-state index contributed by atoms with van der Waals surface area (Å²) in [5.74, 6) is -1.22. The van der Waals surface area contributed by atoms with Gasteiger partial charge >= 0.3 is 0 Å². The van der Waals surface area contributed by atoms with E-state index in [9.17, 15) is 13.6 Å². The van der Waals surface area contributed by atoms with E-state index in [1.165, 1.54) is 12.1 Å². The quantitative estimate of drug-likeness (QED) is 0.864. The van der Waals surface area contributed by atoms with Crippen LogP contribution in [0, 0.1) is 11.6 Å². The minimum Gasteiger partial charge on any atom is -0.332 e. The van der Waals surface area contributed by atoms with Crippen LogP contribution in [0.3, 0.4) is 0 Å². The van der Waals surface area contributed by atoms with Crippen molar-refractivity contribution in [1.82, 2.24) is 10.2 Å². The van der Waals surface area contributed by atoms with E-state index in [2.05, 4.69) is 5.32 Å². The van der Waals surface area contributed by atoms with E-state index in [0.717, 1.165) is 43.1 Å². The fourth-order valence-electron chi connectivity index (χ4n) is 2.47. The molecule has 3 nitrogen and oxygen atoms in total. The molecule has 1 amide bonds. The minimum atomic E-state index is -0.598. The molecular weight excluding hydrogens is 274 g/mol. The molecule has 3 rings (SSSR count). The molecule has 0 unspecified atom stereocenters. The van der Waals surface area contributed by atoms with Gasteiger partial charge in [-0.1, -0.05) is 6.07 Å². The Hall–Kier alpha value is -1.75. The maximum Gasteiger partial charge on any atom is 0.250 e. The van der Waals surface area contributed by atoms with Crippen LogP contribution in [0.4, 0.5) is 8.78 Å². The van der Waals surface area contributed by atoms with Crippen molar-refractivity contribution < 1.29 is 13.6 Å². The number of hydrogen-bond acceptors (Lipinski definition) is 2. The normalized spacial score (nSPS) is 17.4. The van der Waals surface area contributed by atoms with Crippen molar-refractivity contribution >= 4 is 5.91 Å². The molecule has 1 aromatic rings. The first-order chi connectivity index (χ1) is 10.1. The Morgan fingerprint density at radius 2 is 2.05 bits per heavy atom. The summed E-state index contributed by atoms with van der Waals surface area (Å²) in [6.07, 6.45) is 1.91. The molecule has 1 aliphatic heterocycles. The van der Waals surface area contributed by atoms with E-state index in [4.69, 9.17) is 0 Å². The summed E-state index contributed by atoms with van der Waals surface area (Å²) in [6.45, 7) is 3.53. The van der Waals surface area contributed by atoms with E-state index in [1.54, 1.807) is 4.90 Å². The van der Waals surface area contributed by atoms with E-state index in [1.807, 2.05) is 6.92 Å². The van der Waals surface area contributed by atoms with E-state index < -0.39 is 11.6 Å². The Balaban J connectivity index is 1.80. The fraction of sp³-hybridized carbons (Fsp3) is 0.438. The van der Waals surface area contributed by atoms with Crippen molar-refractivity contribution in [2.45, 2.75) is 32.4 Å². The number of nitrogens with zero attached hydrogens (tertiary/aromatic N) is 1. The second-order valence-electron chi connectivity index (χ2n) is 5.73. The summed E-state index contributed by atoms with van der Waals surface area (Å²) in [4.78, 5) is 14.3. The zero-order valence-corrected chi connectivity index (χ0v) is 12.0. The molecule has 0 aromatic heterocycles. The monoisotopic (exact) mass is 292 g/mol. The van der Waals surface area contributed by atoms with Crippen LogP contribution in [0.25, 0.3) is 0 Å². The first-order valence-electron chi connectivity index (χ1n) is 7.20. The maximum atomic E-state index is 13.8. The molecule has 0 radical (unpaired) electrons. The molecule has 1 N–H and O–H groups in total. The van der Waals surface area contributed by atoms with Crippen molar-refractivity contribution in [3.8, 4) is 0 Å². The van der Waals surface area contributed by atoms with E-state index in [0.29, 0.717) is 5.56 Å². The summed E-state index contributed by atoms with van der Waals surface area (Å²) in [7, 11) is 0. The van der Waals surface area contributed by atoms with Crippen molar-refractivity contribution in [1.29, 1.82) is 0 Å². The standard InChI is InChI=1S/C16H18F2N2O/c1-10(12-7-19-8-12)16(21)20(14-4-5-14)9-11-2-3-13(17)6-15(11)18/h2-3,6,14,19H,4-5,7-9H2,1H3. The van der Waals surface area contributed by atoms with Gasteiger partial charge in [0.15, 0.2) is 0 Å². The van der Waals surface area contributed by atoms with Crippen molar-refractivity contribution in [2.24, 2.45) is 0 Å². The second kappa shape index (κ2) is 5.56. The third-order valence-electron chi connectivity index (χ3n) is 4.13. The molecule has 1 heterocycles. The van der Waals surface area contributed by atoms with Crippen molar-refractivity contribution in [2.75, 3.05) is 13.1 Å². The predicted molar refractivity (Wildman–Crippen MR) is 75.5 cm³/mol. The lowest BCUT2D eigenvalue weighted by Gasteiger charge is -2.27. The topological polar surface area (TPSA) is 32.3 Å². The Morgan fingerprint density at radius 3 is 2.57 bits per heavy atom. The lowest BCUT2D eigenvalue weighted by atomic mass is 10.0. The Kier molecular flexibility index (Phi) is 3.76. The van der Waals surface area contributed by atoms with Crippen LogP contribution in [0.5, 0.6) is 0 Å². The van der Waals surface area contributed by atoms with Gasteiger partial charge in [-0.2, -0.15) is 0 Å². The van der Waals surface area contributed by atoms with Crippen LogP contribution < -0.4 is 5.32 Å². The SMILES string of the molecule is CC(C(=O)N(Cc1ccc(F)cc1F)C1CC1)=C1CNC1. The van der Waals surface area contributed by atoms with Gasteiger partial charge in [-0.05, 0) is 31.4 Å². The summed E-state index contributed by atoms with van der Waals surface area (Å²) >= 11 is 0. The van der Waals surface area contributed by atoms with Crippen LogP contribution in [0.1, 0.15) is 25.3 Å². The van der Waals surface area contributed by atoms with Crippen LogP contribution >= 0.6 is 0 Å². The first kappa shape index (κ1) is 14.2. The fourth-order valence-corrected chi connectivity index (χ4v) is 2.47. The number of nitrogens with one attached hydrogen (secondary N) is 1. The molecule has 112 valence electrons. The molecule has 21 heavy (non-hydrogen) atoms. The van der Waals surface area contributed by atoms with Crippen molar-refractivity contribution in [3.63, 3.8) is 0 Å². The Labute approximate surface area is 122 Å². The second-order valence-corrected chi connectivity index (χ2v) is 5.73. The summed E-state index contributed by atoms with van der Waals surface area (Å²) in [5.41, 5.74) is 2.23. The number of halogens is 2. The first-order valence-corrected chi connectivity index (χ1v) is 7.20. The molecule has 1 aliphatic carbocycles. The van der Waals surface area contributed by atoms with E-state index >= 15 is 0 Å². The van der Waals surface area contributed by atoms with Gasteiger partial charge < -0.3 is 10.2 Å². The number of benzene rings is 1. The third-order valence-corrected chi connectivity index (χ3v) is 4.13. The highest BCUT2D eigenvalue weighted by Gasteiger charge is 2.34. The van der Waals surface area contributed by atoms with Gasteiger partial charge in [0.2, 0.25) is 5.91 Å². The van der Waals surface area contributed by atoms with Gasteiger partial charge in [0.25, 0.3) is 0 Å². The molecule has 5 heteroatoms. The Morgan fingerprint density at radius 1 is 1.33 bits per heavy atom. The minimum absolute atomic E-state index is 0.0299. The molecule has 1 aromatic carbocycles. The van der Waals surface area contributed by atoms with E-state index in [-0.39, 0.29) is 18.5 Å². The Bertz CT molecular complexity index is 602. The van der Waals surface area contributed by atoms with Gasteiger partial charge in [-0.25, -0.2) is 8.78 Å². The number of carbonyl (C=O) groups is 1. The number of carbonyl (C=O) groups excluding carboxylic acids is 1. The lowest BCUT2D eigenvalue weighted by Crippen LogP contribution is -2.39. The third kappa shape index (κ3) is 2.97. The van der Waals surface area contributed by atoms with Crippen LogP contribution in [-0.2, 0) is 11.3 Å². The molecule has 1 saturated carbocycles. The average Bonchev–Trinajstić information content (AvgIpc) is 3.19. The number of amides is 1. The molecule has 1 saturated heterocycles. The molecule has 0 bridgehead atoms. The van der Waals surface area contributed by atoms with Gasteiger partial charge in [0.05, 0.1) is 0 Å². The molecule has 2 fully saturated rings. The lowest BCUT2D eigenvalue weighted by molar-refractivity contribution is -0.128. The molecular formula is C16H18F2N2O. The maximum absolute atomic E-state index is 13.8. The average molecular weight is 292 g/mol. The van der Waals surface area contributed by atoms with Gasteiger partial charge in [-0.15, -0.1) is 0 Å². The number of hydrogen-bond donors (Lipinski definition) is 1. The van der Waals surface area contributed by atoms with Crippen LogP contribution in [-0.4, -0.2) is 29.9 Å². The molecule has 0 spiro atoms. The largest absolute Gasteiger partial charge is 0.332 e. The van der Waals surface area contributed by atoms with Gasteiger partial charge in [-0.3, -0.25) is 4.79 Å². The summed E-state index contributed by atoms with van der Waals surface area (Å²) < 4.78 is 26.8. The smallest absolute Gasteiger partial charge is 0.250 e. The number of rotatable bonds is 4.